The second-order valence-electron chi connectivity index (χ2n) is 5.39. The van der Waals surface area contributed by atoms with Crippen LogP contribution in [0.3, 0.4) is 0 Å². The number of para-hydroxylation sites is 1. The number of anilines is 2. The molecule has 1 aliphatic carbocycles. The molecule has 7 heteroatoms. The van der Waals surface area contributed by atoms with Gasteiger partial charge in [0.2, 0.25) is 10.0 Å². The van der Waals surface area contributed by atoms with Gasteiger partial charge >= 0.3 is 0 Å². The fourth-order valence-electron chi connectivity index (χ4n) is 2.74. The van der Waals surface area contributed by atoms with Gasteiger partial charge in [0.15, 0.2) is 0 Å². The van der Waals surface area contributed by atoms with E-state index in [0.717, 1.165) is 32.1 Å². The molecule has 0 radical (unpaired) electrons. The van der Waals surface area contributed by atoms with E-state index in [1.165, 1.54) is 6.07 Å². The van der Waals surface area contributed by atoms with Gasteiger partial charge in [-0.25, -0.2) is 13.6 Å². The standard InChI is InChI=1S/C13H21N3O3S/c14-12-10(5-4-6-11(12)20(15,18)19)16-13(9-17)7-2-1-3-8-13/h4-6,16-17H,1-3,7-9,14H2,(H2,15,18,19). The van der Waals surface area contributed by atoms with Crippen LogP contribution in [0.15, 0.2) is 23.1 Å². The van der Waals surface area contributed by atoms with Gasteiger partial charge in [-0.2, -0.15) is 0 Å². The third kappa shape index (κ3) is 3.05. The second-order valence-corrected chi connectivity index (χ2v) is 6.92. The number of primary sulfonamides is 1. The number of nitrogens with two attached hydrogens (primary N) is 2. The lowest BCUT2D eigenvalue weighted by Crippen LogP contribution is -2.44. The van der Waals surface area contributed by atoms with Crippen molar-refractivity contribution in [3.63, 3.8) is 0 Å². The van der Waals surface area contributed by atoms with Crippen molar-refractivity contribution >= 4 is 21.4 Å². The number of nitrogen functional groups attached to an aromatic ring is 1. The molecule has 0 spiro atoms. The van der Waals surface area contributed by atoms with Crippen molar-refractivity contribution in [1.29, 1.82) is 0 Å². The normalized spacial score (nSPS) is 18.7. The summed E-state index contributed by atoms with van der Waals surface area (Å²) in [5, 5.41) is 18.0. The highest BCUT2D eigenvalue weighted by Gasteiger charge is 2.32. The van der Waals surface area contributed by atoms with E-state index in [1.54, 1.807) is 12.1 Å². The summed E-state index contributed by atoms with van der Waals surface area (Å²) in [6.45, 7) is -0.00789. The highest BCUT2D eigenvalue weighted by Crippen LogP contribution is 2.34. The van der Waals surface area contributed by atoms with Gasteiger partial charge < -0.3 is 16.2 Å². The molecular formula is C13H21N3O3S. The molecule has 0 atom stereocenters. The van der Waals surface area contributed by atoms with Gasteiger partial charge in [0.1, 0.15) is 4.90 Å². The fourth-order valence-corrected chi connectivity index (χ4v) is 3.42. The summed E-state index contributed by atoms with van der Waals surface area (Å²) in [5.41, 5.74) is 6.08. The van der Waals surface area contributed by atoms with Gasteiger partial charge in [-0.3, -0.25) is 0 Å². The van der Waals surface area contributed by atoms with Gasteiger partial charge in [-0.05, 0) is 25.0 Å². The maximum absolute atomic E-state index is 11.5. The Morgan fingerprint density at radius 2 is 1.90 bits per heavy atom. The highest BCUT2D eigenvalue weighted by molar-refractivity contribution is 7.89. The molecule has 112 valence electrons. The summed E-state index contributed by atoms with van der Waals surface area (Å²) in [4.78, 5) is -0.0913. The molecule has 0 bridgehead atoms. The van der Waals surface area contributed by atoms with Crippen LogP contribution >= 0.6 is 0 Å². The summed E-state index contributed by atoms with van der Waals surface area (Å²) < 4.78 is 22.9. The Balaban J connectivity index is 2.34. The van der Waals surface area contributed by atoms with Gasteiger partial charge in [-0.15, -0.1) is 0 Å². The Labute approximate surface area is 119 Å². The molecule has 1 aliphatic rings. The van der Waals surface area contributed by atoms with Crippen LogP contribution < -0.4 is 16.2 Å². The first-order chi connectivity index (χ1) is 9.38. The molecule has 1 aromatic rings. The zero-order chi connectivity index (χ0) is 14.8. The predicted molar refractivity (Wildman–Crippen MR) is 78.8 cm³/mol. The Morgan fingerprint density at radius 3 is 2.45 bits per heavy atom. The van der Waals surface area contributed by atoms with Crippen molar-refractivity contribution in [2.45, 2.75) is 42.5 Å². The maximum Gasteiger partial charge on any atom is 0.240 e. The molecule has 6 nitrogen and oxygen atoms in total. The van der Waals surface area contributed by atoms with E-state index in [-0.39, 0.29) is 17.2 Å². The second kappa shape index (κ2) is 5.59. The number of hydrogen-bond acceptors (Lipinski definition) is 5. The predicted octanol–water partition coefficient (Wildman–Crippen LogP) is 1.02. The van der Waals surface area contributed by atoms with Gasteiger partial charge in [-0.1, -0.05) is 25.3 Å². The third-order valence-electron chi connectivity index (χ3n) is 3.89. The third-order valence-corrected chi connectivity index (χ3v) is 4.85. The monoisotopic (exact) mass is 299 g/mol. The summed E-state index contributed by atoms with van der Waals surface area (Å²) in [7, 11) is -3.85. The van der Waals surface area contributed by atoms with E-state index < -0.39 is 15.6 Å². The highest BCUT2D eigenvalue weighted by atomic mass is 32.2. The summed E-state index contributed by atoms with van der Waals surface area (Å²) in [6, 6.07) is 4.67. The van der Waals surface area contributed by atoms with Crippen LogP contribution in [0.25, 0.3) is 0 Å². The molecular weight excluding hydrogens is 278 g/mol. The average Bonchev–Trinajstić information content (AvgIpc) is 2.41. The first-order valence-electron chi connectivity index (χ1n) is 6.68. The molecule has 6 N–H and O–H groups in total. The number of rotatable bonds is 4. The molecule has 0 aromatic heterocycles. The van der Waals surface area contributed by atoms with Crippen molar-refractivity contribution in [3.05, 3.63) is 18.2 Å². The van der Waals surface area contributed by atoms with Crippen LogP contribution in [0.2, 0.25) is 0 Å². The first kappa shape index (κ1) is 15.1. The number of hydrogen-bond donors (Lipinski definition) is 4. The van der Waals surface area contributed by atoms with Gasteiger partial charge in [0.05, 0.1) is 23.5 Å². The van der Waals surface area contributed by atoms with E-state index in [1.807, 2.05) is 0 Å². The number of aliphatic hydroxyl groups excluding tert-OH is 1. The van der Waals surface area contributed by atoms with Crippen LogP contribution in [0, 0.1) is 0 Å². The Bertz CT molecular complexity index is 581. The van der Waals surface area contributed by atoms with Crippen LogP contribution in [0.1, 0.15) is 32.1 Å². The number of sulfonamides is 1. The van der Waals surface area contributed by atoms with Gasteiger partial charge in [0.25, 0.3) is 0 Å². The Morgan fingerprint density at radius 1 is 1.25 bits per heavy atom. The van der Waals surface area contributed by atoms with Crippen LogP contribution in [0.5, 0.6) is 0 Å². The van der Waals surface area contributed by atoms with Crippen molar-refractivity contribution in [2.75, 3.05) is 17.7 Å². The molecule has 20 heavy (non-hydrogen) atoms. The van der Waals surface area contributed by atoms with E-state index in [2.05, 4.69) is 5.32 Å². The number of benzene rings is 1. The minimum absolute atomic E-state index is 0.00789. The summed E-state index contributed by atoms with van der Waals surface area (Å²) in [6.07, 6.45) is 4.88. The molecule has 1 aromatic carbocycles. The van der Waals surface area contributed by atoms with Crippen molar-refractivity contribution in [2.24, 2.45) is 5.14 Å². The molecule has 0 heterocycles. The molecule has 0 aliphatic heterocycles. The van der Waals surface area contributed by atoms with E-state index in [9.17, 15) is 13.5 Å². The molecule has 1 saturated carbocycles. The molecule has 0 unspecified atom stereocenters. The summed E-state index contributed by atoms with van der Waals surface area (Å²) >= 11 is 0. The lowest BCUT2D eigenvalue weighted by Gasteiger charge is -2.37. The SMILES string of the molecule is Nc1c(NC2(CO)CCCCC2)cccc1S(N)(=O)=O. The topological polar surface area (TPSA) is 118 Å². The molecule has 0 amide bonds. The van der Waals surface area contributed by atoms with E-state index in [4.69, 9.17) is 10.9 Å². The largest absolute Gasteiger partial charge is 0.396 e. The zero-order valence-corrected chi connectivity index (χ0v) is 12.1. The van der Waals surface area contributed by atoms with Crippen LogP contribution in [0.4, 0.5) is 11.4 Å². The van der Waals surface area contributed by atoms with Crippen LogP contribution in [-0.4, -0.2) is 25.7 Å². The molecule has 2 rings (SSSR count). The fraction of sp³-hybridized carbons (Fsp3) is 0.538. The Kier molecular flexibility index (Phi) is 4.22. The first-order valence-corrected chi connectivity index (χ1v) is 8.23. The smallest absolute Gasteiger partial charge is 0.240 e. The van der Waals surface area contributed by atoms with E-state index >= 15 is 0 Å². The number of nitrogens with one attached hydrogen (secondary N) is 1. The number of aliphatic hydroxyl groups is 1. The lowest BCUT2D eigenvalue weighted by molar-refractivity contribution is 0.173. The Hall–Kier alpha value is -1.31. The minimum Gasteiger partial charge on any atom is -0.396 e. The van der Waals surface area contributed by atoms with Crippen molar-refractivity contribution in [3.8, 4) is 0 Å². The maximum atomic E-state index is 11.5. The lowest BCUT2D eigenvalue weighted by atomic mass is 9.82. The molecule has 1 fully saturated rings. The molecule has 0 saturated heterocycles. The summed E-state index contributed by atoms with van der Waals surface area (Å²) in [5.74, 6) is 0. The van der Waals surface area contributed by atoms with E-state index in [0.29, 0.717) is 5.69 Å². The van der Waals surface area contributed by atoms with Crippen molar-refractivity contribution in [1.82, 2.24) is 0 Å². The average molecular weight is 299 g/mol. The minimum atomic E-state index is -3.85. The van der Waals surface area contributed by atoms with Crippen LogP contribution in [-0.2, 0) is 10.0 Å². The zero-order valence-electron chi connectivity index (χ0n) is 11.3. The van der Waals surface area contributed by atoms with Crippen molar-refractivity contribution < 1.29 is 13.5 Å². The van der Waals surface area contributed by atoms with Gasteiger partial charge in [0, 0.05) is 0 Å². The quantitative estimate of drug-likeness (QED) is 0.619.